The molecule has 2 aliphatic rings. The normalized spacial score (nSPS) is 18.9. The largest absolute Gasteiger partial charge is 0.379 e. The summed E-state index contributed by atoms with van der Waals surface area (Å²) in [6.45, 7) is 7.78. The zero-order valence-corrected chi connectivity index (χ0v) is 16.0. The number of H-pyrrole nitrogens is 1. The van der Waals surface area contributed by atoms with Crippen molar-refractivity contribution in [3.05, 3.63) is 52.0 Å². The van der Waals surface area contributed by atoms with Crippen molar-refractivity contribution < 1.29 is 4.74 Å². The number of allylic oxidation sites excluding steroid dienone is 4. The van der Waals surface area contributed by atoms with Crippen LogP contribution in [-0.2, 0) is 11.3 Å². The number of rotatable bonds is 3. The van der Waals surface area contributed by atoms with Crippen LogP contribution in [0.25, 0.3) is 10.9 Å². The Kier molecular flexibility index (Phi) is 4.87. The monoisotopic (exact) mass is 374 g/mol. The van der Waals surface area contributed by atoms with E-state index in [2.05, 4.69) is 38.6 Å². The first kappa shape index (κ1) is 18.2. The Morgan fingerprint density at radius 3 is 2.46 bits per heavy atom. The lowest BCUT2D eigenvalue weighted by Gasteiger charge is -2.26. The summed E-state index contributed by atoms with van der Waals surface area (Å²) >= 11 is 0. The van der Waals surface area contributed by atoms with Crippen molar-refractivity contribution in [3.8, 4) is 12.1 Å². The first-order valence-electron chi connectivity index (χ1n) is 9.38. The second-order valence-corrected chi connectivity index (χ2v) is 7.22. The fourth-order valence-electron chi connectivity index (χ4n) is 3.98. The third kappa shape index (κ3) is 3.16. The maximum Gasteiger partial charge on any atom is 0.0975 e. The number of ether oxygens (including phenoxy) is 1. The Bertz CT molecular complexity index is 1020. The third-order valence-corrected chi connectivity index (χ3v) is 5.48. The van der Waals surface area contributed by atoms with E-state index in [4.69, 9.17) is 4.74 Å². The second-order valence-electron chi connectivity index (χ2n) is 7.22. The molecular formula is C21H22N6O. The summed E-state index contributed by atoms with van der Waals surface area (Å²) in [7, 11) is 0. The van der Waals surface area contributed by atoms with E-state index in [1.165, 1.54) is 0 Å². The summed E-state index contributed by atoms with van der Waals surface area (Å²) in [5, 5.41) is 31.2. The van der Waals surface area contributed by atoms with Crippen LogP contribution in [-0.4, -0.2) is 41.4 Å². The molecule has 4 rings (SSSR count). The molecule has 2 aliphatic heterocycles. The number of fused-ring (bicyclic) bond motifs is 1. The fraction of sp³-hybridized carbons (Fsp3) is 0.381. The van der Waals surface area contributed by atoms with Gasteiger partial charge in [0.15, 0.2) is 0 Å². The second kappa shape index (κ2) is 7.47. The molecule has 0 aliphatic carbocycles. The van der Waals surface area contributed by atoms with Crippen LogP contribution in [0.15, 0.2) is 40.7 Å². The van der Waals surface area contributed by atoms with Gasteiger partial charge in [0.1, 0.15) is 0 Å². The Morgan fingerprint density at radius 1 is 1.14 bits per heavy atom. The molecule has 142 valence electrons. The molecule has 2 aromatic rings. The molecule has 1 aromatic carbocycles. The lowest BCUT2D eigenvalue weighted by atomic mass is 9.81. The average molecular weight is 374 g/mol. The summed E-state index contributed by atoms with van der Waals surface area (Å²) in [5.74, 6) is -0.355. The van der Waals surface area contributed by atoms with Gasteiger partial charge in [0, 0.05) is 36.4 Å². The smallest absolute Gasteiger partial charge is 0.0975 e. The summed E-state index contributed by atoms with van der Waals surface area (Å²) in [6.07, 6.45) is 0. The van der Waals surface area contributed by atoms with Gasteiger partial charge in [-0.1, -0.05) is 6.07 Å². The van der Waals surface area contributed by atoms with Crippen molar-refractivity contribution in [2.75, 3.05) is 26.3 Å². The number of morpholine rings is 1. The van der Waals surface area contributed by atoms with Crippen LogP contribution < -0.4 is 5.32 Å². The van der Waals surface area contributed by atoms with E-state index in [1.54, 1.807) is 0 Å². The van der Waals surface area contributed by atoms with Crippen molar-refractivity contribution in [1.29, 1.82) is 10.5 Å². The topological polar surface area (TPSA) is 101 Å². The molecule has 1 fully saturated rings. The lowest BCUT2D eigenvalue weighted by Crippen LogP contribution is -2.35. The standard InChI is InChI=1S/C21H22N6O/c1-13-17(10-22)21(18(11-23)14(2)24-13)15-3-4-19-16(9-15)20(26-25-19)12-27-5-7-28-8-6-27/h3-4,9,21,24H,5-8,12H2,1-2H3,(H,25,26). The molecule has 28 heavy (non-hydrogen) atoms. The molecule has 0 unspecified atom stereocenters. The molecule has 3 heterocycles. The van der Waals surface area contributed by atoms with Gasteiger partial charge in [-0.05, 0) is 31.5 Å². The molecule has 0 spiro atoms. The average Bonchev–Trinajstić information content (AvgIpc) is 3.10. The Balaban J connectivity index is 1.76. The molecule has 7 nitrogen and oxygen atoms in total. The molecule has 0 atom stereocenters. The van der Waals surface area contributed by atoms with Crippen LogP contribution >= 0.6 is 0 Å². The minimum absolute atomic E-state index is 0.355. The van der Waals surface area contributed by atoms with Crippen LogP contribution in [0.5, 0.6) is 0 Å². The number of nitrogens with zero attached hydrogens (tertiary/aromatic N) is 4. The van der Waals surface area contributed by atoms with Gasteiger partial charge in [-0.25, -0.2) is 0 Å². The van der Waals surface area contributed by atoms with Gasteiger partial charge in [0.05, 0.1) is 53.6 Å². The van der Waals surface area contributed by atoms with E-state index < -0.39 is 0 Å². The molecule has 0 bridgehead atoms. The number of dihydropyridines is 1. The molecule has 1 saturated heterocycles. The van der Waals surface area contributed by atoms with Crippen molar-refractivity contribution in [2.45, 2.75) is 26.3 Å². The van der Waals surface area contributed by atoms with Gasteiger partial charge in [-0.15, -0.1) is 0 Å². The molecule has 1 aromatic heterocycles. The maximum atomic E-state index is 9.72. The van der Waals surface area contributed by atoms with Crippen LogP contribution in [0.4, 0.5) is 0 Å². The van der Waals surface area contributed by atoms with Gasteiger partial charge < -0.3 is 10.1 Å². The van der Waals surface area contributed by atoms with Crippen LogP contribution in [0.1, 0.15) is 31.0 Å². The maximum absolute atomic E-state index is 9.72. The summed E-state index contributed by atoms with van der Waals surface area (Å²) in [5.41, 5.74) is 5.63. The number of benzene rings is 1. The number of nitrogens with one attached hydrogen (secondary N) is 2. The fourth-order valence-corrected chi connectivity index (χ4v) is 3.98. The summed E-state index contributed by atoms with van der Waals surface area (Å²) in [4.78, 5) is 2.33. The van der Waals surface area contributed by atoms with Gasteiger partial charge in [-0.2, -0.15) is 15.6 Å². The highest BCUT2D eigenvalue weighted by Gasteiger charge is 2.29. The zero-order valence-electron chi connectivity index (χ0n) is 16.0. The van der Waals surface area contributed by atoms with E-state index in [1.807, 2.05) is 26.0 Å². The molecule has 0 radical (unpaired) electrons. The van der Waals surface area contributed by atoms with Crippen LogP contribution in [0.2, 0.25) is 0 Å². The molecule has 7 heteroatoms. The van der Waals surface area contributed by atoms with Gasteiger partial charge in [0.2, 0.25) is 0 Å². The predicted octanol–water partition coefficient (Wildman–Crippen LogP) is 2.68. The zero-order chi connectivity index (χ0) is 19.7. The highest BCUT2D eigenvalue weighted by Crippen LogP contribution is 2.38. The van der Waals surface area contributed by atoms with Gasteiger partial charge in [-0.3, -0.25) is 10.00 Å². The van der Waals surface area contributed by atoms with Gasteiger partial charge in [0.25, 0.3) is 0 Å². The Labute approximate surface area is 163 Å². The van der Waals surface area contributed by atoms with Crippen molar-refractivity contribution in [3.63, 3.8) is 0 Å². The highest BCUT2D eigenvalue weighted by molar-refractivity contribution is 5.82. The first-order chi connectivity index (χ1) is 13.6. The highest BCUT2D eigenvalue weighted by atomic mass is 16.5. The number of aromatic amines is 1. The van der Waals surface area contributed by atoms with E-state index in [-0.39, 0.29) is 5.92 Å². The van der Waals surface area contributed by atoms with E-state index in [0.29, 0.717) is 11.1 Å². The minimum Gasteiger partial charge on any atom is -0.379 e. The predicted molar refractivity (Wildman–Crippen MR) is 105 cm³/mol. The van der Waals surface area contributed by atoms with Gasteiger partial charge >= 0.3 is 0 Å². The Morgan fingerprint density at radius 2 is 1.82 bits per heavy atom. The number of hydrogen-bond donors (Lipinski definition) is 2. The van der Waals surface area contributed by atoms with Crippen LogP contribution in [0, 0.1) is 22.7 Å². The molecule has 2 N–H and O–H groups in total. The molecule has 0 saturated carbocycles. The van der Waals surface area contributed by atoms with E-state index >= 15 is 0 Å². The molecular weight excluding hydrogens is 352 g/mol. The first-order valence-corrected chi connectivity index (χ1v) is 9.38. The quantitative estimate of drug-likeness (QED) is 0.857. The molecule has 0 amide bonds. The number of aromatic nitrogens is 2. The third-order valence-electron chi connectivity index (χ3n) is 5.48. The van der Waals surface area contributed by atoms with Crippen LogP contribution in [0.3, 0.4) is 0 Å². The van der Waals surface area contributed by atoms with E-state index in [9.17, 15) is 10.5 Å². The van der Waals surface area contributed by atoms with Crippen molar-refractivity contribution in [1.82, 2.24) is 20.4 Å². The summed E-state index contributed by atoms with van der Waals surface area (Å²) < 4.78 is 5.43. The number of nitriles is 2. The van der Waals surface area contributed by atoms with Crippen molar-refractivity contribution in [2.24, 2.45) is 0 Å². The SMILES string of the molecule is CC1=C(C#N)C(c2ccc3[nH]nc(CN4CCOCC4)c3c2)C(C#N)=C(C)N1. The number of hydrogen-bond acceptors (Lipinski definition) is 6. The van der Waals surface area contributed by atoms with Crippen molar-refractivity contribution >= 4 is 10.9 Å². The lowest BCUT2D eigenvalue weighted by molar-refractivity contribution is 0.0338. The summed E-state index contributed by atoms with van der Waals surface area (Å²) in [6, 6.07) is 10.6. The van der Waals surface area contributed by atoms with E-state index in [0.717, 1.165) is 66.4 Å². The Hall–Kier alpha value is -3.13. The minimum atomic E-state index is -0.355.